The number of amides is 2. The van der Waals surface area contributed by atoms with Gasteiger partial charge in [0, 0.05) is 24.5 Å². The number of carbonyl (C=O) groups is 3. The van der Waals surface area contributed by atoms with Crippen molar-refractivity contribution in [2.24, 2.45) is 11.8 Å². The minimum Gasteiger partial charge on any atom is -0.466 e. The van der Waals surface area contributed by atoms with Gasteiger partial charge in [0.1, 0.15) is 11.6 Å². The van der Waals surface area contributed by atoms with Crippen LogP contribution in [0.25, 0.3) is 0 Å². The van der Waals surface area contributed by atoms with Crippen molar-refractivity contribution in [3.05, 3.63) is 35.9 Å². The molecule has 2 bridgehead atoms. The Labute approximate surface area is 189 Å². The van der Waals surface area contributed by atoms with E-state index in [1.165, 1.54) is 4.90 Å². The van der Waals surface area contributed by atoms with Crippen LogP contribution in [0.3, 0.4) is 0 Å². The van der Waals surface area contributed by atoms with Crippen molar-refractivity contribution < 1.29 is 29.0 Å². The number of likely N-dealkylation sites (tertiary alicyclic amines) is 1. The summed E-state index contributed by atoms with van der Waals surface area (Å²) in [4.78, 5) is 40.9. The molecule has 2 amide bonds. The maximum absolute atomic E-state index is 13.5. The van der Waals surface area contributed by atoms with Gasteiger partial charge in [0.05, 0.1) is 24.5 Å². The zero-order valence-electron chi connectivity index (χ0n) is 17.3. The Morgan fingerprint density at radius 3 is 2.77 bits per heavy atom. The van der Waals surface area contributed by atoms with Crippen molar-refractivity contribution in [2.45, 2.75) is 48.9 Å². The minimum atomic E-state index is -1.09. The number of alkyl halides is 1. The number of nitrogens with one attached hydrogen (secondary N) is 1. The van der Waals surface area contributed by atoms with Gasteiger partial charge in [-0.2, -0.15) is 0 Å². The molecule has 3 fully saturated rings. The first-order valence-corrected chi connectivity index (χ1v) is 11.6. The number of esters is 1. The maximum atomic E-state index is 13.5. The molecule has 1 unspecified atom stereocenters. The van der Waals surface area contributed by atoms with Gasteiger partial charge in [0.25, 0.3) is 0 Å². The van der Waals surface area contributed by atoms with Crippen molar-refractivity contribution in [1.82, 2.24) is 10.2 Å². The highest BCUT2D eigenvalue weighted by Crippen LogP contribution is 2.60. The summed E-state index contributed by atoms with van der Waals surface area (Å²) in [5.74, 6) is -2.59. The lowest BCUT2D eigenvalue weighted by atomic mass is 9.70. The lowest BCUT2D eigenvalue weighted by Gasteiger charge is -2.34. The average Bonchev–Trinajstić information content (AvgIpc) is 3.35. The summed E-state index contributed by atoms with van der Waals surface area (Å²) in [6, 6.07) is 8.64. The topological polar surface area (TPSA) is 105 Å². The van der Waals surface area contributed by atoms with Gasteiger partial charge < -0.3 is 24.8 Å². The van der Waals surface area contributed by atoms with Crippen molar-refractivity contribution in [3.8, 4) is 0 Å². The van der Waals surface area contributed by atoms with Crippen LogP contribution in [0.15, 0.2) is 30.3 Å². The number of benzene rings is 1. The van der Waals surface area contributed by atoms with Crippen LogP contribution in [0, 0.1) is 11.8 Å². The number of fused-ring (bicyclic) bond motifs is 1. The van der Waals surface area contributed by atoms with E-state index >= 15 is 0 Å². The van der Waals surface area contributed by atoms with Crippen LogP contribution in [0.1, 0.15) is 25.3 Å². The Kier molecular flexibility index (Phi) is 6.37. The Balaban J connectivity index is 1.64. The molecule has 0 radical (unpaired) electrons. The maximum Gasteiger partial charge on any atom is 0.312 e. The third-order valence-corrected chi connectivity index (χ3v) is 7.31. The van der Waals surface area contributed by atoms with Gasteiger partial charge in [-0.25, -0.2) is 0 Å². The summed E-state index contributed by atoms with van der Waals surface area (Å²) in [5.41, 5.74) is -0.153. The Morgan fingerprint density at radius 1 is 1.35 bits per heavy atom. The van der Waals surface area contributed by atoms with Crippen LogP contribution in [0.5, 0.6) is 0 Å². The molecule has 0 aliphatic carbocycles. The van der Waals surface area contributed by atoms with Crippen LogP contribution in [-0.2, 0) is 30.4 Å². The SMILES string of the molecule is CCOC(=O)[C@@H]1[C@H]2O[C@@]3(CC2Br)[C@H](C(=O)NCc2ccccc2)N(CCCO)C(=O)[C@@H]13. The summed E-state index contributed by atoms with van der Waals surface area (Å²) in [6.45, 7) is 2.36. The second kappa shape index (κ2) is 8.88. The predicted octanol–water partition coefficient (Wildman–Crippen LogP) is 0.996. The van der Waals surface area contributed by atoms with Crippen LogP contribution in [0.2, 0.25) is 0 Å². The van der Waals surface area contributed by atoms with E-state index in [9.17, 15) is 19.5 Å². The molecule has 6 atom stereocenters. The van der Waals surface area contributed by atoms with Gasteiger partial charge in [-0.3, -0.25) is 14.4 Å². The zero-order chi connectivity index (χ0) is 22.2. The number of halogens is 1. The van der Waals surface area contributed by atoms with E-state index < -0.39 is 35.6 Å². The second-order valence-electron chi connectivity index (χ2n) is 8.23. The number of carbonyl (C=O) groups excluding carboxylic acids is 3. The fourth-order valence-corrected chi connectivity index (χ4v) is 6.24. The number of hydrogen-bond acceptors (Lipinski definition) is 6. The van der Waals surface area contributed by atoms with E-state index in [1.54, 1.807) is 6.92 Å². The smallest absolute Gasteiger partial charge is 0.312 e. The van der Waals surface area contributed by atoms with E-state index in [0.29, 0.717) is 19.4 Å². The van der Waals surface area contributed by atoms with Crippen molar-refractivity contribution in [2.75, 3.05) is 19.8 Å². The quantitative estimate of drug-likeness (QED) is 0.412. The summed E-state index contributed by atoms with van der Waals surface area (Å²) in [5, 5.41) is 12.3. The molecule has 3 aliphatic heterocycles. The molecule has 3 saturated heterocycles. The molecule has 9 heteroatoms. The number of hydrogen-bond donors (Lipinski definition) is 2. The monoisotopic (exact) mass is 494 g/mol. The van der Waals surface area contributed by atoms with Gasteiger partial charge in [0.2, 0.25) is 11.8 Å². The van der Waals surface area contributed by atoms with Crippen LogP contribution in [-0.4, -0.2) is 70.1 Å². The first-order chi connectivity index (χ1) is 14.9. The summed E-state index contributed by atoms with van der Waals surface area (Å²) < 4.78 is 11.6. The third kappa shape index (κ3) is 3.66. The van der Waals surface area contributed by atoms with Crippen LogP contribution < -0.4 is 5.32 Å². The Morgan fingerprint density at radius 2 is 2.10 bits per heavy atom. The van der Waals surface area contributed by atoms with Gasteiger partial charge in [0.15, 0.2) is 0 Å². The van der Waals surface area contributed by atoms with E-state index in [0.717, 1.165) is 5.56 Å². The second-order valence-corrected chi connectivity index (χ2v) is 9.40. The predicted molar refractivity (Wildman–Crippen MR) is 114 cm³/mol. The molecule has 4 rings (SSSR count). The molecule has 31 heavy (non-hydrogen) atoms. The molecule has 3 heterocycles. The van der Waals surface area contributed by atoms with Crippen molar-refractivity contribution >= 4 is 33.7 Å². The number of aliphatic hydroxyl groups excluding tert-OH is 1. The van der Waals surface area contributed by atoms with E-state index in [-0.39, 0.29) is 36.4 Å². The average molecular weight is 495 g/mol. The molecule has 1 aromatic rings. The standard InChI is InChI=1S/C22H27BrN2O6/c1-2-30-21(29)15-16-20(28)25(9-6-10-26)18(22(16)11-14(23)17(15)31-22)19(27)24-12-13-7-4-3-5-8-13/h3-5,7-8,14-18,26H,2,6,9-12H2,1H3,(H,24,27)/t14?,15-,16+,17-,18-,22+/m0/s1. The van der Waals surface area contributed by atoms with E-state index in [4.69, 9.17) is 9.47 Å². The Hall–Kier alpha value is -1.97. The zero-order valence-corrected chi connectivity index (χ0v) is 18.9. The van der Waals surface area contributed by atoms with Gasteiger partial charge in [-0.15, -0.1) is 0 Å². The van der Waals surface area contributed by atoms with Crippen LogP contribution >= 0.6 is 15.9 Å². The summed E-state index contributed by atoms with van der Waals surface area (Å²) >= 11 is 3.60. The molecule has 1 spiro atoms. The van der Waals surface area contributed by atoms with E-state index in [1.807, 2.05) is 30.3 Å². The van der Waals surface area contributed by atoms with Crippen molar-refractivity contribution in [3.63, 3.8) is 0 Å². The first-order valence-electron chi connectivity index (χ1n) is 10.7. The molecule has 1 aromatic carbocycles. The van der Waals surface area contributed by atoms with Crippen molar-refractivity contribution in [1.29, 1.82) is 0 Å². The lowest BCUT2D eigenvalue weighted by molar-refractivity contribution is -0.154. The normalized spacial score (nSPS) is 33.5. The fraction of sp³-hybridized carbons (Fsp3) is 0.591. The summed E-state index contributed by atoms with van der Waals surface area (Å²) in [6.07, 6.45) is 0.267. The molecular formula is C22H27BrN2O6. The van der Waals surface area contributed by atoms with E-state index in [2.05, 4.69) is 21.2 Å². The highest BCUT2D eigenvalue weighted by Gasteiger charge is 2.76. The molecule has 0 saturated carbocycles. The molecule has 0 aromatic heterocycles. The Bertz CT molecular complexity index is 852. The largest absolute Gasteiger partial charge is 0.466 e. The van der Waals surface area contributed by atoms with Gasteiger partial charge in [-0.1, -0.05) is 46.3 Å². The minimum absolute atomic E-state index is 0.105. The molecule has 3 aliphatic rings. The lowest BCUT2D eigenvalue weighted by Crippen LogP contribution is -2.55. The summed E-state index contributed by atoms with van der Waals surface area (Å²) in [7, 11) is 0. The molecular weight excluding hydrogens is 468 g/mol. The van der Waals surface area contributed by atoms with Gasteiger partial charge >= 0.3 is 5.97 Å². The first kappa shape index (κ1) is 22.2. The highest BCUT2D eigenvalue weighted by atomic mass is 79.9. The third-order valence-electron chi connectivity index (χ3n) is 6.46. The van der Waals surface area contributed by atoms with Gasteiger partial charge in [-0.05, 0) is 25.3 Å². The fourth-order valence-electron chi connectivity index (χ4n) is 5.30. The number of rotatable bonds is 8. The highest BCUT2D eigenvalue weighted by molar-refractivity contribution is 9.09. The molecule has 168 valence electrons. The number of aliphatic hydroxyl groups is 1. The molecule has 2 N–H and O–H groups in total. The number of nitrogens with zero attached hydrogens (tertiary/aromatic N) is 1. The number of ether oxygens (including phenoxy) is 2. The van der Waals surface area contributed by atoms with Crippen LogP contribution in [0.4, 0.5) is 0 Å². The molecule has 8 nitrogen and oxygen atoms in total.